The highest BCUT2D eigenvalue weighted by atomic mass is 14.9. The minimum Gasteiger partial charge on any atom is -0.330 e. The van der Waals surface area contributed by atoms with E-state index in [9.17, 15) is 0 Å². The Labute approximate surface area is 63.2 Å². The summed E-state index contributed by atoms with van der Waals surface area (Å²) in [5, 5.41) is 3.43. The summed E-state index contributed by atoms with van der Waals surface area (Å²) in [6.45, 7) is 4.30. The van der Waals surface area contributed by atoms with Crippen LogP contribution in [0.15, 0.2) is 0 Å². The summed E-state index contributed by atoms with van der Waals surface area (Å²) in [5.41, 5.74) is 5.48. The van der Waals surface area contributed by atoms with Crippen LogP contribution in [-0.4, -0.2) is 19.1 Å². The molecule has 2 nitrogen and oxygen atoms in total. The van der Waals surface area contributed by atoms with Gasteiger partial charge in [0.25, 0.3) is 0 Å². The average Bonchev–Trinajstić information content (AvgIpc) is 1.88. The quantitative estimate of drug-likeness (QED) is 0.596. The van der Waals surface area contributed by atoms with Gasteiger partial charge in [0.05, 0.1) is 0 Å². The zero-order chi connectivity index (χ0) is 7.40. The van der Waals surface area contributed by atoms with Gasteiger partial charge in [-0.05, 0) is 45.2 Å². The van der Waals surface area contributed by atoms with Gasteiger partial charge in [0.2, 0.25) is 0 Å². The van der Waals surface area contributed by atoms with Crippen molar-refractivity contribution in [3.05, 3.63) is 0 Å². The van der Waals surface area contributed by atoms with Crippen molar-refractivity contribution < 1.29 is 0 Å². The summed E-state index contributed by atoms with van der Waals surface area (Å²) in [5.74, 6) is 0.890. The predicted octanol–water partition coefficient (Wildman–Crippen LogP) is 0.723. The van der Waals surface area contributed by atoms with Crippen LogP contribution in [0.3, 0.4) is 0 Å². The fourth-order valence-corrected chi connectivity index (χ4v) is 1.73. The molecule has 1 fully saturated rings. The highest BCUT2D eigenvalue weighted by Crippen LogP contribution is 2.18. The molecule has 1 aliphatic heterocycles. The van der Waals surface area contributed by atoms with E-state index >= 15 is 0 Å². The Morgan fingerprint density at radius 1 is 1.60 bits per heavy atom. The number of piperidine rings is 1. The van der Waals surface area contributed by atoms with Crippen LogP contribution in [0, 0.1) is 5.92 Å². The van der Waals surface area contributed by atoms with Gasteiger partial charge in [-0.3, -0.25) is 0 Å². The highest BCUT2D eigenvalue weighted by molar-refractivity contribution is 4.74. The normalized spacial score (nSPS) is 34.2. The fourth-order valence-electron chi connectivity index (χ4n) is 1.73. The standard InChI is InChI=1S/C8H18N2/c1-7-6-8(2-4-9)3-5-10-7/h7-8,10H,2-6,9H2,1H3/t7-,8?/m1/s1. The minimum atomic E-state index is 0.713. The molecule has 10 heavy (non-hydrogen) atoms. The molecule has 1 unspecified atom stereocenters. The molecule has 0 aliphatic carbocycles. The first-order chi connectivity index (χ1) is 4.83. The van der Waals surface area contributed by atoms with Crippen LogP contribution >= 0.6 is 0 Å². The molecule has 1 heterocycles. The maximum Gasteiger partial charge on any atom is 0.00413 e. The Kier molecular flexibility index (Phi) is 3.16. The summed E-state index contributed by atoms with van der Waals surface area (Å²) in [6, 6.07) is 0.713. The van der Waals surface area contributed by atoms with Crippen molar-refractivity contribution >= 4 is 0 Å². The minimum absolute atomic E-state index is 0.713. The van der Waals surface area contributed by atoms with Gasteiger partial charge in [0.1, 0.15) is 0 Å². The first-order valence-corrected chi connectivity index (χ1v) is 4.26. The Balaban J connectivity index is 2.18. The van der Waals surface area contributed by atoms with Gasteiger partial charge < -0.3 is 11.1 Å². The van der Waals surface area contributed by atoms with Gasteiger partial charge in [0, 0.05) is 6.04 Å². The van der Waals surface area contributed by atoms with Gasteiger partial charge in [-0.25, -0.2) is 0 Å². The maximum atomic E-state index is 5.48. The molecule has 0 radical (unpaired) electrons. The van der Waals surface area contributed by atoms with Crippen molar-refractivity contribution in [1.82, 2.24) is 5.32 Å². The van der Waals surface area contributed by atoms with Crippen LogP contribution in [0.1, 0.15) is 26.2 Å². The van der Waals surface area contributed by atoms with Gasteiger partial charge in [0.15, 0.2) is 0 Å². The predicted molar refractivity (Wildman–Crippen MR) is 43.9 cm³/mol. The number of rotatable bonds is 2. The molecule has 0 aromatic carbocycles. The second kappa shape index (κ2) is 3.94. The molecule has 0 spiro atoms. The summed E-state index contributed by atoms with van der Waals surface area (Å²) in [7, 11) is 0. The smallest absolute Gasteiger partial charge is 0.00413 e. The molecule has 0 saturated carbocycles. The Morgan fingerprint density at radius 3 is 3.00 bits per heavy atom. The van der Waals surface area contributed by atoms with Crippen LogP contribution in [-0.2, 0) is 0 Å². The molecule has 0 amide bonds. The molecule has 1 aliphatic rings. The van der Waals surface area contributed by atoms with E-state index < -0.39 is 0 Å². The van der Waals surface area contributed by atoms with Crippen LogP contribution in [0.2, 0.25) is 0 Å². The number of nitrogens with one attached hydrogen (secondary N) is 1. The summed E-state index contributed by atoms with van der Waals surface area (Å²) in [6.07, 6.45) is 3.85. The van der Waals surface area contributed by atoms with Crippen LogP contribution in [0.5, 0.6) is 0 Å². The van der Waals surface area contributed by atoms with Crippen molar-refractivity contribution in [3.8, 4) is 0 Å². The van der Waals surface area contributed by atoms with E-state index in [1.807, 2.05) is 0 Å². The van der Waals surface area contributed by atoms with Crippen LogP contribution in [0.4, 0.5) is 0 Å². The van der Waals surface area contributed by atoms with Crippen molar-refractivity contribution in [2.24, 2.45) is 11.7 Å². The first-order valence-electron chi connectivity index (χ1n) is 4.26. The Bertz CT molecular complexity index is 91.3. The number of nitrogens with two attached hydrogens (primary N) is 1. The second-order valence-electron chi connectivity index (χ2n) is 3.32. The molecule has 1 saturated heterocycles. The highest BCUT2D eigenvalue weighted by Gasteiger charge is 2.16. The van der Waals surface area contributed by atoms with Gasteiger partial charge in [-0.15, -0.1) is 0 Å². The van der Waals surface area contributed by atoms with Crippen LogP contribution < -0.4 is 11.1 Å². The number of hydrogen-bond acceptors (Lipinski definition) is 2. The summed E-state index contributed by atoms with van der Waals surface area (Å²) in [4.78, 5) is 0. The van der Waals surface area contributed by atoms with Crippen LogP contribution in [0.25, 0.3) is 0 Å². The average molecular weight is 142 g/mol. The lowest BCUT2D eigenvalue weighted by molar-refractivity contribution is 0.304. The lowest BCUT2D eigenvalue weighted by atomic mass is 9.91. The second-order valence-corrected chi connectivity index (χ2v) is 3.32. The molecule has 0 bridgehead atoms. The van der Waals surface area contributed by atoms with E-state index in [-0.39, 0.29) is 0 Å². The molecule has 1 rings (SSSR count). The van der Waals surface area contributed by atoms with Crippen molar-refractivity contribution in [2.45, 2.75) is 32.2 Å². The molecule has 0 aromatic rings. The van der Waals surface area contributed by atoms with Gasteiger partial charge >= 0.3 is 0 Å². The SMILES string of the molecule is C[C@@H]1CC(CCN)CCN1. The molecule has 60 valence electrons. The first kappa shape index (κ1) is 8.02. The molecule has 0 aromatic heterocycles. The topological polar surface area (TPSA) is 38.0 Å². The largest absolute Gasteiger partial charge is 0.330 e. The van der Waals surface area contributed by atoms with E-state index in [0.717, 1.165) is 12.5 Å². The summed E-state index contributed by atoms with van der Waals surface area (Å²) >= 11 is 0. The van der Waals surface area contributed by atoms with E-state index in [0.29, 0.717) is 6.04 Å². The summed E-state index contributed by atoms with van der Waals surface area (Å²) < 4.78 is 0. The van der Waals surface area contributed by atoms with Crippen molar-refractivity contribution in [1.29, 1.82) is 0 Å². The molecule has 2 heteroatoms. The third kappa shape index (κ3) is 2.27. The van der Waals surface area contributed by atoms with Crippen molar-refractivity contribution in [2.75, 3.05) is 13.1 Å². The van der Waals surface area contributed by atoms with E-state index in [2.05, 4.69) is 12.2 Å². The Morgan fingerprint density at radius 2 is 2.40 bits per heavy atom. The van der Waals surface area contributed by atoms with Gasteiger partial charge in [-0.2, -0.15) is 0 Å². The lowest BCUT2D eigenvalue weighted by Crippen LogP contribution is -2.36. The zero-order valence-electron chi connectivity index (χ0n) is 6.77. The van der Waals surface area contributed by atoms with E-state index in [4.69, 9.17) is 5.73 Å². The molecular weight excluding hydrogens is 124 g/mol. The molecule has 2 atom stereocenters. The third-order valence-electron chi connectivity index (χ3n) is 2.31. The van der Waals surface area contributed by atoms with E-state index in [1.54, 1.807) is 0 Å². The fraction of sp³-hybridized carbons (Fsp3) is 1.00. The monoisotopic (exact) mass is 142 g/mol. The Hall–Kier alpha value is -0.0800. The zero-order valence-corrected chi connectivity index (χ0v) is 6.77. The van der Waals surface area contributed by atoms with Crippen molar-refractivity contribution in [3.63, 3.8) is 0 Å². The van der Waals surface area contributed by atoms with E-state index in [1.165, 1.54) is 25.8 Å². The van der Waals surface area contributed by atoms with Gasteiger partial charge in [-0.1, -0.05) is 0 Å². The maximum absolute atomic E-state index is 5.48. The molecular formula is C8H18N2. The number of hydrogen-bond donors (Lipinski definition) is 2. The molecule has 3 N–H and O–H groups in total. The third-order valence-corrected chi connectivity index (χ3v) is 2.31. The lowest BCUT2D eigenvalue weighted by Gasteiger charge is -2.27.